The Morgan fingerprint density at radius 3 is 2.42 bits per heavy atom. The van der Waals surface area contributed by atoms with E-state index in [2.05, 4.69) is 0 Å². The van der Waals surface area contributed by atoms with E-state index in [1.807, 2.05) is 0 Å². The molecule has 3 aliphatic rings. The van der Waals surface area contributed by atoms with Crippen molar-refractivity contribution in [1.29, 1.82) is 0 Å². The molecule has 6 N–H and O–H groups in total. The van der Waals surface area contributed by atoms with Gasteiger partial charge in [0.05, 0.1) is 30.5 Å². The summed E-state index contributed by atoms with van der Waals surface area (Å²) in [7, 11) is 0. The van der Waals surface area contributed by atoms with Gasteiger partial charge < -0.3 is 49.6 Å². The fourth-order valence-corrected chi connectivity index (χ4v) is 4.19. The molecule has 1 fully saturated rings. The summed E-state index contributed by atoms with van der Waals surface area (Å²) in [6.07, 6.45) is -4.86. The molecule has 0 spiro atoms. The van der Waals surface area contributed by atoms with Crippen molar-refractivity contribution < 1.29 is 54.4 Å². The molecule has 11 nitrogen and oxygen atoms in total. The van der Waals surface area contributed by atoms with Crippen LogP contribution >= 0.6 is 0 Å². The predicted molar refractivity (Wildman–Crippen MR) is 108 cm³/mol. The number of phenols is 1. The number of aromatic hydroxyl groups is 1. The topological polar surface area (TPSA) is 175 Å². The highest BCUT2D eigenvalue weighted by atomic mass is 16.8. The highest BCUT2D eigenvalue weighted by Crippen LogP contribution is 2.41. The summed E-state index contributed by atoms with van der Waals surface area (Å²) in [5.41, 5.74) is 0.746. The van der Waals surface area contributed by atoms with Gasteiger partial charge in [-0.05, 0) is 35.9 Å². The van der Waals surface area contributed by atoms with Crippen molar-refractivity contribution in [3.05, 3.63) is 53.8 Å². The number of carbonyl (C=O) groups excluding carboxylic acids is 1. The molecule has 0 amide bonds. The van der Waals surface area contributed by atoms with Crippen molar-refractivity contribution in [2.45, 2.75) is 43.1 Å². The van der Waals surface area contributed by atoms with Gasteiger partial charge >= 0.3 is 5.97 Å². The van der Waals surface area contributed by atoms with Gasteiger partial charge in [-0.2, -0.15) is 0 Å². The first-order valence-electron chi connectivity index (χ1n) is 10.4. The summed E-state index contributed by atoms with van der Waals surface area (Å²) in [4.78, 5) is 12.3. The number of phenolic OH excluding ortho intramolecular Hbond substituents is 1. The molecule has 33 heavy (non-hydrogen) atoms. The van der Waals surface area contributed by atoms with E-state index in [-0.39, 0.29) is 17.9 Å². The third-order valence-electron chi connectivity index (χ3n) is 6.02. The number of hydrogen-bond acceptors (Lipinski definition) is 11. The maximum absolute atomic E-state index is 12.3. The Bertz CT molecular complexity index is 896. The molecular weight excluding hydrogens is 440 g/mol. The van der Waals surface area contributed by atoms with Crippen LogP contribution in [0.15, 0.2) is 48.3 Å². The molecule has 180 valence electrons. The molecule has 0 radical (unpaired) electrons. The molecular formula is C22H26O11. The van der Waals surface area contributed by atoms with E-state index in [1.54, 1.807) is 6.08 Å². The number of carbonyl (C=O) groups is 1. The van der Waals surface area contributed by atoms with Crippen LogP contribution in [0.5, 0.6) is 5.75 Å². The number of ether oxygens (including phenoxy) is 4. The van der Waals surface area contributed by atoms with E-state index in [0.717, 1.165) is 0 Å². The number of fused-ring (bicyclic) bond motifs is 1. The minimum absolute atomic E-state index is 0.00957. The summed E-state index contributed by atoms with van der Waals surface area (Å²) < 4.78 is 22.0. The second-order valence-electron chi connectivity index (χ2n) is 8.12. The quantitative estimate of drug-likeness (QED) is 0.219. The second-order valence-corrected chi connectivity index (χ2v) is 8.12. The minimum atomic E-state index is -1.62. The average molecular weight is 466 g/mol. The van der Waals surface area contributed by atoms with E-state index in [9.17, 15) is 35.4 Å². The van der Waals surface area contributed by atoms with Crippen LogP contribution < -0.4 is 0 Å². The number of hydrogen-bond donors (Lipinski definition) is 6. The largest absolute Gasteiger partial charge is 0.508 e. The normalized spacial score (nSPS) is 37.7. The SMILES string of the molecule is O=C(OCC1=C[C@@H](O)[C@@H]2C=CO[C@@H](O[C@@H]3O[C@H](CO)[C@H](O)[C@H](O)[C@H]3O)[C@H]12)c1ccc(O)cc1. The first kappa shape index (κ1) is 23.6. The number of aliphatic hydroxyl groups excluding tert-OH is 5. The Balaban J connectivity index is 1.45. The van der Waals surface area contributed by atoms with Crippen molar-refractivity contribution in [2.24, 2.45) is 11.8 Å². The van der Waals surface area contributed by atoms with Crippen LogP contribution in [0.25, 0.3) is 0 Å². The first-order chi connectivity index (χ1) is 15.8. The molecule has 1 aliphatic carbocycles. The molecule has 2 aliphatic heterocycles. The zero-order valence-electron chi connectivity index (χ0n) is 17.4. The fraction of sp³-hybridized carbons (Fsp3) is 0.500. The third kappa shape index (κ3) is 4.75. The Hall–Kier alpha value is -2.51. The van der Waals surface area contributed by atoms with Crippen LogP contribution in [-0.4, -0.2) is 92.9 Å². The van der Waals surface area contributed by atoms with Gasteiger partial charge in [-0.1, -0.05) is 6.08 Å². The maximum Gasteiger partial charge on any atom is 0.338 e. The molecule has 0 bridgehead atoms. The number of aliphatic hydroxyl groups is 5. The van der Waals surface area contributed by atoms with Gasteiger partial charge in [0.25, 0.3) is 0 Å². The summed E-state index contributed by atoms with van der Waals surface area (Å²) in [6.45, 7) is -0.789. The number of benzene rings is 1. The lowest BCUT2D eigenvalue weighted by Gasteiger charge is -2.42. The summed E-state index contributed by atoms with van der Waals surface area (Å²) in [5, 5.41) is 59.4. The lowest BCUT2D eigenvalue weighted by atomic mass is 9.88. The molecule has 2 heterocycles. The molecule has 0 aromatic heterocycles. The molecule has 1 aromatic rings. The Kier molecular flexibility index (Phi) is 7.00. The van der Waals surface area contributed by atoms with Gasteiger partial charge in [-0.15, -0.1) is 0 Å². The average Bonchev–Trinajstić information content (AvgIpc) is 3.14. The van der Waals surface area contributed by atoms with Gasteiger partial charge in [0.2, 0.25) is 6.29 Å². The molecule has 11 heteroatoms. The summed E-state index contributed by atoms with van der Waals surface area (Å²) in [6, 6.07) is 5.54. The van der Waals surface area contributed by atoms with Crippen molar-refractivity contribution in [3.8, 4) is 5.75 Å². The number of rotatable bonds is 6. The van der Waals surface area contributed by atoms with E-state index >= 15 is 0 Å². The lowest BCUT2D eigenvalue weighted by Crippen LogP contribution is -2.60. The second kappa shape index (κ2) is 9.77. The smallest absolute Gasteiger partial charge is 0.338 e. The van der Waals surface area contributed by atoms with Gasteiger partial charge in [0.15, 0.2) is 6.29 Å². The molecule has 1 aromatic carbocycles. The van der Waals surface area contributed by atoms with Crippen LogP contribution in [0.3, 0.4) is 0 Å². The van der Waals surface area contributed by atoms with E-state index in [4.69, 9.17) is 18.9 Å². The zero-order chi connectivity index (χ0) is 23.7. The lowest BCUT2D eigenvalue weighted by molar-refractivity contribution is -0.339. The molecule has 9 atom stereocenters. The monoisotopic (exact) mass is 466 g/mol. The molecule has 4 rings (SSSR count). The van der Waals surface area contributed by atoms with Crippen molar-refractivity contribution >= 4 is 5.97 Å². The molecule has 0 saturated carbocycles. The maximum atomic E-state index is 12.3. The zero-order valence-corrected chi connectivity index (χ0v) is 17.4. The van der Waals surface area contributed by atoms with Crippen LogP contribution in [0, 0.1) is 11.8 Å². The summed E-state index contributed by atoms with van der Waals surface area (Å²) in [5.74, 6) is -1.69. The van der Waals surface area contributed by atoms with Gasteiger partial charge in [-0.25, -0.2) is 4.79 Å². The van der Waals surface area contributed by atoms with Crippen molar-refractivity contribution in [2.75, 3.05) is 13.2 Å². The van der Waals surface area contributed by atoms with E-state index in [1.165, 1.54) is 36.6 Å². The Morgan fingerprint density at radius 1 is 1.00 bits per heavy atom. The fourth-order valence-electron chi connectivity index (χ4n) is 4.19. The standard InChI is InChI=1S/C22H26O11/c23-8-15-17(26)18(27)19(28)22(32-15)33-21-16-11(7-14(25)13(16)5-6-30-21)9-31-20(29)10-1-3-12(24)4-2-10/h1-7,13-19,21-28H,8-9H2/t13-,14+,15+,16+,17-,18-,19+,21-,22-/m0/s1. The van der Waals surface area contributed by atoms with E-state index in [0.29, 0.717) is 5.57 Å². The molecule has 0 unspecified atom stereocenters. The van der Waals surface area contributed by atoms with Crippen LogP contribution in [-0.2, 0) is 18.9 Å². The highest BCUT2D eigenvalue weighted by Gasteiger charge is 2.49. The molecule has 1 saturated heterocycles. The first-order valence-corrected chi connectivity index (χ1v) is 10.4. The number of esters is 1. The predicted octanol–water partition coefficient (Wildman–Crippen LogP) is -1.23. The van der Waals surface area contributed by atoms with Gasteiger partial charge in [0, 0.05) is 5.92 Å². The van der Waals surface area contributed by atoms with Crippen molar-refractivity contribution in [1.82, 2.24) is 0 Å². The Morgan fingerprint density at radius 2 is 1.73 bits per heavy atom. The highest BCUT2D eigenvalue weighted by molar-refractivity contribution is 5.89. The van der Waals surface area contributed by atoms with Gasteiger partial charge in [0.1, 0.15) is 36.8 Å². The third-order valence-corrected chi connectivity index (χ3v) is 6.02. The summed E-state index contributed by atoms with van der Waals surface area (Å²) >= 11 is 0. The Labute approximate surface area is 188 Å². The van der Waals surface area contributed by atoms with Crippen LogP contribution in [0.1, 0.15) is 10.4 Å². The van der Waals surface area contributed by atoms with E-state index < -0.39 is 67.5 Å². The van der Waals surface area contributed by atoms with Crippen molar-refractivity contribution in [3.63, 3.8) is 0 Å². The van der Waals surface area contributed by atoms with Crippen LogP contribution in [0.2, 0.25) is 0 Å². The van der Waals surface area contributed by atoms with Gasteiger partial charge in [-0.3, -0.25) is 0 Å². The minimum Gasteiger partial charge on any atom is -0.508 e. The van der Waals surface area contributed by atoms with Crippen LogP contribution in [0.4, 0.5) is 0 Å².